The van der Waals surface area contributed by atoms with Gasteiger partial charge in [-0.2, -0.15) is 0 Å². The maximum Gasteiger partial charge on any atom is 0.254 e. The van der Waals surface area contributed by atoms with Crippen molar-refractivity contribution >= 4 is 11.6 Å². The van der Waals surface area contributed by atoms with Gasteiger partial charge in [-0.05, 0) is 63.3 Å². The summed E-state index contributed by atoms with van der Waals surface area (Å²) in [6.45, 7) is 5.87. The van der Waals surface area contributed by atoms with E-state index in [0.29, 0.717) is 6.54 Å². The Bertz CT molecular complexity index is 857. The summed E-state index contributed by atoms with van der Waals surface area (Å²) in [4.78, 5) is 20.3. The second kappa shape index (κ2) is 10.2. The number of amides is 1. The maximum absolute atomic E-state index is 13.7. The molecule has 0 N–H and O–H groups in total. The van der Waals surface area contributed by atoms with Gasteiger partial charge in [0.25, 0.3) is 5.91 Å². The zero-order valence-corrected chi connectivity index (χ0v) is 18.6. The van der Waals surface area contributed by atoms with E-state index < -0.39 is 0 Å². The largest absolute Gasteiger partial charge is 0.496 e. The van der Waals surface area contributed by atoms with Crippen molar-refractivity contribution in [2.45, 2.75) is 25.4 Å². The van der Waals surface area contributed by atoms with Crippen LogP contribution in [-0.4, -0.2) is 75.3 Å². The highest BCUT2D eigenvalue weighted by atomic mass is 16.5. The predicted octanol–water partition coefficient (Wildman–Crippen LogP) is 3.27. The summed E-state index contributed by atoms with van der Waals surface area (Å²) >= 11 is 0. The molecule has 0 spiro atoms. The van der Waals surface area contributed by atoms with Gasteiger partial charge in [0.2, 0.25) is 0 Å². The van der Waals surface area contributed by atoms with Crippen molar-refractivity contribution in [2.24, 2.45) is 0 Å². The summed E-state index contributed by atoms with van der Waals surface area (Å²) in [5, 5.41) is 0. The van der Waals surface area contributed by atoms with Gasteiger partial charge in [0.05, 0.1) is 20.3 Å². The number of nitrogens with zero attached hydrogens (tertiary/aromatic N) is 3. The Morgan fingerprint density at radius 3 is 2.39 bits per heavy atom. The van der Waals surface area contributed by atoms with E-state index in [1.54, 1.807) is 7.11 Å². The molecule has 2 fully saturated rings. The summed E-state index contributed by atoms with van der Waals surface area (Å²) in [6.07, 6.45) is 1.98. The van der Waals surface area contributed by atoms with Crippen LogP contribution in [0.1, 0.15) is 28.8 Å². The second-order valence-corrected chi connectivity index (χ2v) is 8.43. The number of carbonyl (C=O) groups is 1. The molecule has 0 bridgehead atoms. The Morgan fingerprint density at radius 2 is 1.71 bits per heavy atom. The summed E-state index contributed by atoms with van der Waals surface area (Å²) in [6, 6.07) is 16.3. The normalized spacial score (nSPS) is 18.1. The van der Waals surface area contributed by atoms with Crippen LogP contribution in [0.4, 0.5) is 5.69 Å². The van der Waals surface area contributed by atoms with Crippen molar-refractivity contribution in [1.29, 1.82) is 0 Å². The topological polar surface area (TPSA) is 45.3 Å². The number of morpholine rings is 1. The number of likely N-dealkylation sites (tertiary alicyclic amines) is 1. The van der Waals surface area contributed by atoms with Crippen LogP contribution in [-0.2, 0) is 11.3 Å². The van der Waals surface area contributed by atoms with Gasteiger partial charge in [-0.25, -0.2) is 0 Å². The molecular weight excluding hydrogens is 390 g/mol. The first-order valence-electron chi connectivity index (χ1n) is 11.2. The molecule has 2 aromatic rings. The van der Waals surface area contributed by atoms with E-state index in [1.165, 1.54) is 0 Å². The van der Waals surface area contributed by atoms with Crippen molar-refractivity contribution in [3.8, 4) is 5.75 Å². The molecule has 0 aliphatic carbocycles. The van der Waals surface area contributed by atoms with E-state index in [1.807, 2.05) is 30.3 Å². The van der Waals surface area contributed by atoms with Crippen LogP contribution in [0, 0.1) is 0 Å². The van der Waals surface area contributed by atoms with Crippen molar-refractivity contribution in [3.63, 3.8) is 0 Å². The average Bonchev–Trinajstić information content (AvgIpc) is 2.84. The van der Waals surface area contributed by atoms with Crippen molar-refractivity contribution in [3.05, 3.63) is 59.7 Å². The van der Waals surface area contributed by atoms with Gasteiger partial charge >= 0.3 is 0 Å². The monoisotopic (exact) mass is 423 g/mol. The van der Waals surface area contributed by atoms with Gasteiger partial charge in [-0.3, -0.25) is 4.79 Å². The second-order valence-electron chi connectivity index (χ2n) is 8.43. The number of anilines is 1. The maximum atomic E-state index is 13.7. The minimum absolute atomic E-state index is 0.0917. The van der Waals surface area contributed by atoms with Crippen LogP contribution < -0.4 is 9.64 Å². The van der Waals surface area contributed by atoms with Crippen LogP contribution in [0.25, 0.3) is 0 Å². The first kappa shape index (κ1) is 21.7. The lowest BCUT2D eigenvalue weighted by Gasteiger charge is -2.37. The van der Waals surface area contributed by atoms with E-state index in [0.717, 1.165) is 74.8 Å². The minimum atomic E-state index is 0.0917. The minimum Gasteiger partial charge on any atom is -0.496 e. The Labute approximate surface area is 185 Å². The van der Waals surface area contributed by atoms with Crippen molar-refractivity contribution < 1.29 is 14.3 Å². The molecule has 0 aromatic heterocycles. The number of piperidine rings is 1. The highest BCUT2D eigenvalue weighted by molar-refractivity contribution is 5.94. The molecule has 0 saturated carbocycles. The Hall–Kier alpha value is -2.57. The Morgan fingerprint density at radius 1 is 1.03 bits per heavy atom. The highest BCUT2D eigenvalue weighted by Crippen LogP contribution is 2.26. The lowest BCUT2D eigenvalue weighted by molar-refractivity contribution is 0.0568. The lowest BCUT2D eigenvalue weighted by Crippen LogP contribution is -2.46. The fourth-order valence-electron chi connectivity index (χ4n) is 4.49. The Balaban J connectivity index is 1.55. The van der Waals surface area contributed by atoms with Crippen LogP contribution in [0.2, 0.25) is 0 Å². The van der Waals surface area contributed by atoms with E-state index in [4.69, 9.17) is 9.47 Å². The first-order valence-corrected chi connectivity index (χ1v) is 11.2. The zero-order chi connectivity index (χ0) is 21.6. The predicted molar refractivity (Wildman–Crippen MR) is 123 cm³/mol. The number of carbonyl (C=O) groups excluding carboxylic acids is 1. The number of ether oxygens (including phenoxy) is 2. The number of methoxy groups -OCH3 is 1. The van der Waals surface area contributed by atoms with Crippen molar-refractivity contribution in [2.75, 3.05) is 58.5 Å². The van der Waals surface area contributed by atoms with Crippen LogP contribution >= 0.6 is 0 Å². The molecular formula is C25H33N3O3. The van der Waals surface area contributed by atoms with Gasteiger partial charge in [-0.15, -0.1) is 0 Å². The van der Waals surface area contributed by atoms with Crippen LogP contribution in [0.5, 0.6) is 5.75 Å². The molecule has 2 heterocycles. The fraction of sp³-hybridized carbons (Fsp3) is 0.480. The third-order valence-electron chi connectivity index (χ3n) is 6.41. The molecule has 2 aromatic carbocycles. The fourth-order valence-corrected chi connectivity index (χ4v) is 4.49. The van der Waals surface area contributed by atoms with Crippen LogP contribution in [0.3, 0.4) is 0 Å². The zero-order valence-electron chi connectivity index (χ0n) is 18.6. The lowest BCUT2D eigenvalue weighted by atomic mass is 10.0. The third kappa shape index (κ3) is 5.20. The summed E-state index contributed by atoms with van der Waals surface area (Å²) in [5.41, 5.74) is 2.93. The molecule has 2 saturated heterocycles. The summed E-state index contributed by atoms with van der Waals surface area (Å²) in [5.74, 6) is 0.921. The van der Waals surface area contributed by atoms with E-state index in [9.17, 15) is 4.79 Å². The molecule has 0 atom stereocenters. The van der Waals surface area contributed by atoms with Crippen LogP contribution in [0.15, 0.2) is 48.5 Å². The number of benzene rings is 2. The summed E-state index contributed by atoms with van der Waals surface area (Å²) < 4.78 is 11.0. The molecule has 1 amide bonds. The van der Waals surface area contributed by atoms with Gasteiger partial charge in [0.15, 0.2) is 0 Å². The molecule has 31 heavy (non-hydrogen) atoms. The molecule has 2 aliphatic heterocycles. The molecule has 0 radical (unpaired) electrons. The first-order chi connectivity index (χ1) is 15.2. The number of hydrogen-bond acceptors (Lipinski definition) is 5. The third-order valence-corrected chi connectivity index (χ3v) is 6.41. The highest BCUT2D eigenvalue weighted by Gasteiger charge is 2.28. The van der Waals surface area contributed by atoms with Gasteiger partial charge < -0.3 is 24.2 Å². The molecule has 2 aliphatic rings. The van der Waals surface area contributed by atoms with Gasteiger partial charge in [0.1, 0.15) is 5.75 Å². The smallest absolute Gasteiger partial charge is 0.254 e. The van der Waals surface area contributed by atoms with Gasteiger partial charge in [0, 0.05) is 42.5 Å². The standard InChI is InChI=1S/C25H33N3O3/c1-26-13-11-23(12-14-26)28(19-21-5-3-4-6-24(21)30-2)25(29)20-7-9-22(10-8-20)27-15-17-31-18-16-27/h3-10,23H,11-19H2,1-2H3. The number of hydrogen-bond donors (Lipinski definition) is 0. The molecule has 6 nitrogen and oxygen atoms in total. The van der Waals surface area contributed by atoms with E-state index in [2.05, 4.69) is 39.9 Å². The van der Waals surface area contributed by atoms with Crippen molar-refractivity contribution in [1.82, 2.24) is 9.80 Å². The quantitative estimate of drug-likeness (QED) is 0.714. The van der Waals surface area contributed by atoms with E-state index >= 15 is 0 Å². The molecule has 4 rings (SSSR count). The van der Waals surface area contributed by atoms with E-state index in [-0.39, 0.29) is 11.9 Å². The summed E-state index contributed by atoms with van der Waals surface area (Å²) in [7, 11) is 3.83. The average molecular weight is 424 g/mol. The molecule has 0 unspecified atom stereocenters. The molecule has 6 heteroatoms. The SMILES string of the molecule is COc1ccccc1CN(C(=O)c1ccc(N2CCOCC2)cc1)C1CCN(C)CC1. The number of rotatable bonds is 6. The Kier molecular flexibility index (Phi) is 7.10. The number of para-hydroxylation sites is 1. The molecule has 166 valence electrons. The van der Waals surface area contributed by atoms with Gasteiger partial charge in [-0.1, -0.05) is 18.2 Å².